The number of hydrogen-bond donors (Lipinski definition) is 0. The van der Waals surface area contributed by atoms with Crippen LogP contribution in [-0.2, 0) is 0 Å². The van der Waals surface area contributed by atoms with Crippen molar-refractivity contribution < 1.29 is 0 Å². The lowest BCUT2D eigenvalue weighted by Gasteiger charge is -2.29. The molecule has 4 fully saturated rings. The molecular formula is C14H23P. The predicted octanol–water partition coefficient (Wildman–Crippen LogP) is 4.04. The number of rotatable bonds is 2. The lowest BCUT2D eigenvalue weighted by molar-refractivity contribution is 0.466. The maximum absolute atomic E-state index is 1.64. The van der Waals surface area contributed by atoms with Gasteiger partial charge in [-0.2, -0.15) is 0 Å². The van der Waals surface area contributed by atoms with Crippen LogP contribution in [0.1, 0.15) is 51.4 Å². The zero-order valence-electron chi connectivity index (χ0n) is 9.62. The van der Waals surface area contributed by atoms with Crippen molar-refractivity contribution in [3.8, 4) is 0 Å². The maximum Gasteiger partial charge on any atom is -0.0203 e. The van der Waals surface area contributed by atoms with Gasteiger partial charge < -0.3 is 0 Å². The van der Waals surface area contributed by atoms with Gasteiger partial charge in [-0.1, -0.05) is 12.8 Å². The molecule has 0 heterocycles. The molecule has 4 aliphatic carbocycles. The second-order valence-electron chi connectivity index (χ2n) is 6.73. The van der Waals surface area contributed by atoms with Crippen LogP contribution in [0.25, 0.3) is 0 Å². The van der Waals surface area contributed by atoms with Crippen molar-refractivity contribution in [2.75, 3.05) is 0 Å². The fourth-order valence-electron chi connectivity index (χ4n) is 5.17. The molecular weight excluding hydrogens is 199 g/mol. The first-order chi connectivity index (χ1) is 7.38. The highest BCUT2D eigenvalue weighted by atomic mass is 31.1. The van der Waals surface area contributed by atoms with Crippen LogP contribution in [0.15, 0.2) is 0 Å². The minimum atomic E-state index is 1.17. The number of hydrogen-bond acceptors (Lipinski definition) is 0. The van der Waals surface area contributed by atoms with E-state index >= 15 is 0 Å². The molecule has 0 saturated heterocycles. The molecule has 0 nitrogen and oxygen atoms in total. The zero-order valence-corrected chi connectivity index (χ0v) is 10.6. The van der Waals surface area contributed by atoms with Crippen molar-refractivity contribution >= 4 is 8.58 Å². The van der Waals surface area contributed by atoms with Crippen LogP contribution >= 0.6 is 8.58 Å². The fourth-order valence-corrected chi connectivity index (χ4v) is 7.81. The van der Waals surface area contributed by atoms with Gasteiger partial charge in [0.2, 0.25) is 0 Å². The van der Waals surface area contributed by atoms with Crippen molar-refractivity contribution in [2.45, 2.75) is 62.7 Å². The quantitative estimate of drug-likeness (QED) is 0.618. The highest BCUT2D eigenvalue weighted by Crippen LogP contribution is 2.58. The Balaban J connectivity index is 1.40. The smallest absolute Gasteiger partial charge is 0.0203 e. The molecule has 4 saturated carbocycles. The monoisotopic (exact) mass is 222 g/mol. The van der Waals surface area contributed by atoms with E-state index in [1.165, 1.54) is 43.6 Å². The first-order valence-corrected chi connectivity index (χ1v) is 8.30. The van der Waals surface area contributed by atoms with Gasteiger partial charge in [0, 0.05) is 0 Å². The van der Waals surface area contributed by atoms with Crippen molar-refractivity contribution in [3.05, 3.63) is 0 Å². The highest BCUT2D eigenvalue weighted by molar-refractivity contribution is 7.39. The summed E-state index contributed by atoms with van der Waals surface area (Å²) in [5.41, 5.74) is 2.40. The molecule has 6 atom stereocenters. The van der Waals surface area contributed by atoms with Crippen LogP contribution in [0.3, 0.4) is 0 Å². The summed E-state index contributed by atoms with van der Waals surface area (Å²) in [6.07, 6.45) is 12.9. The second-order valence-corrected chi connectivity index (χ2v) is 8.55. The van der Waals surface area contributed by atoms with Crippen LogP contribution < -0.4 is 0 Å². The first-order valence-electron chi connectivity index (χ1n) is 7.14. The van der Waals surface area contributed by atoms with E-state index in [0.29, 0.717) is 0 Å². The summed E-state index contributed by atoms with van der Waals surface area (Å²) in [5, 5.41) is 0. The second kappa shape index (κ2) is 3.46. The van der Waals surface area contributed by atoms with E-state index in [4.69, 9.17) is 0 Å². The minimum absolute atomic E-state index is 1.17. The third kappa shape index (κ3) is 1.51. The summed E-state index contributed by atoms with van der Waals surface area (Å²) < 4.78 is 0. The molecule has 0 N–H and O–H groups in total. The Morgan fingerprint density at radius 3 is 1.47 bits per heavy atom. The number of fused-ring (bicyclic) bond motifs is 4. The molecule has 0 aromatic rings. The van der Waals surface area contributed by atoms with Gasteiger partial charge in [0.25, 0.3) is 0 Å². The molecule has 0 spiro atoms. The zero-order chi connectivity index (χ0) is 9.83. The standard InChI is InChI=1S/C14H23P/c1-3-11-5-9(1)7-13(11)15-14-8-10-2-4-12(14)6-10/h9-15H,1-8H2/t9-,10-,11+,12+,13?,14?/m0/s1. The SMILES string of the molecule is C1C[C@@H]2C[C@H]1CC2PC1C[C@H]2CC[C@@H]1C2. The van der Waals surface area contributed by atoms with Gasteiger partial charge >= 0.3 is 0 Å². The van der Waals surface area contributed by atoms with Gasteiger partial charge in [-0.3, -0.25) is 0 Å². The van der Waals surface area contributed by atoms with E-state index in [-0.39, 0.29) is 0 Å². The van der Waals surface area contributed by atoms with Crippen molar-refractivity contribution in [1.29, 1.82) is 0 Å². The summed E-state index contributed by atoms with van der Waals surface area (Å²) in [6, 6.07) is 0. The Kier molecular flexibility index (Phi) is 2.18. The lowest BCUT2D eigenvalue weighted by atomic mass is 10.00. The highest BCUT2D eigenvalue weighted by Gasteiger charge is 2.44. The Bertz CT molecular complexity index is 236. The molecule has 4 rings (SSSR count). The van der Waals surface area contributed by atoms with E-state index in [1.807, 2.05) is 0 Å². The topological polar surface area (TPSA) is 0 Å². The molecule has 15 heavy (non-hydrogen) atoms. The average Bonchev–Trinajstić information content (AvgIpc) is 2.96. The van der Waals surface area contributed by atoms with Gasteiger partial charge in [0.1, 0.15) is 0 Å². The molecule has 0 aromatic carbocycles. The normalized spacial score (nSPS) is 57.6. The molecule has 4 aliphatic rings. The molecule has 4 bridgehead atoms. The molecule has 0 aliphatic heterocycles. The lowest BCUT2D eigenvalue weighted by Crippen LogP contribution is -2.19. The molecule has 0 radical (unpaired) electrons. The molecule has 1 heteroatoms. The largest absolute Gasteiger partial charge is 0.115 e. The van der Waals surface area contributed by atoms with Gasteiger partial charge in [-0.15, -0.1) is 8.58 Å². The van der Waals surface area contributed by atoms with Crippen LogP contribution in [-0.4, -0.2) is 11.3 Å². The Morgan fingerprint density at radius 2 is 1.13 bits per heavy atom. The van der Waals surface area contributed by atoms with Crippen LogP contribution in [0.5, 0.6) is 0 Å². The molecule has 0 aromatic heterocycles. The first kappa shape index (κ1) is 9.46. The van der Waals surface area contributed by atoms with Crippen molar-refractivity contribution in [1.82, 2.24) is 0 Å². The van der Waals surface area contributed by atoms with Crippen LogP contribution in [0.4, 0.5) is 0 Å². The van der Waals surface area contributed by atoms with E-state index < -0.39 is 0 Å². The van der Waals surface area contributed by atoms with Gasteiger partial charge in [0.05, 0.1) is 0 Å². The van der Waals surface area contributed by atoms with E-state index in [2.05, 4.69) is 0 Å². The average molecular weight is 222 g/mol. The van der Waals surface area contributed by atoms with E-state index in [9.17, 15) is 0 Å². The van der Waals surface area contributed by atoms with Gasteiger partial charge in [0.15, 0.2) is 0 Å². The Hall–Kier alpha value is 0.430. The molecule has 84 valence electrons. The minimum Gasteiger partial charge on any atom is -0.115 e. The van der Waals surface area contributed by atoms with Crippen LogP contribution in [0.2, 0.25) is 0 Å². The summed E-state index contributed by atoms with van der Waals surface area (Å²) in [6.45, 7) is 0. The third-order valence-electron chi connectivity index (χ3n) is 5.90. The summed E-state index contributed by atoms with van der Waals surface area (Å²) >= 11 is 0. The van der Waals surface area contributed by atoms with E-state index in [1.54, 1.807) is 51.4 Å². The summed E-state index contributed by atoms with van der Waals surface area (Å²) in [5.74, 6) is 4.72. The van der Waals surface area contributed by atoms with E-state index in [0.717, 1.165) is 0 Å². The predicted molar refractivity (Wildman–Crippen MR) is 66.8 cm³/mol. The summed E-state index contributed by atoms with van der Waals surface area (Å²) in [4.78, 5) is 0. The third-order valence-corrected chi connectivity index (χ3v) is 8.17. The van der Waals surface area contributed by atoms with Gasteiger partial charge in [-0.05, 0) is 73.5 Å². The Labute approximate surface area is 95.4 Å². The molecule has 0 amide bonds. The van der Waals surface area contributed by atoms with Gasteiger partial charge in [-0.25, -0.2) is 0 Å². The fraction of sp³-hybridized carbons (Fsp3) is 1.00. The summed E-state index contributed by atoms with van der Waals surface area (Å²) in [7, 11) is 1.37. The molecule has 2 unspecified atom stereocenters. The van der Waals surface area contributed by atoms with Crippen molar-refractivity contribution in [3.63, 3.8) is 0 Å². The van der Waals surface area contributed by atoms with Crippen molar-refractivity contribution in [2.24, 2.45) is 23.7 Å². The maximum atomic E-state index is 1.64. The Morgan fingerprint density at radius 1 is 0.600 bits per heavy atom. The van der Waals surface area contributed by atoms with Crippen LogP contribution in [0, 0.1) is 23.7 Å².